The van der Waals surface area contributed by atoms with Gasteiger partial charge in [0.15, 0.2) is 29.6 Å². The Morgan fingerprint density at radius 3 is 2.18 bits per heavy atom. The highest BCUT2D eigenvalue weighted by Crippen LogP contribution is 2.36. The first kappa shape index (κ1) is 24.8. The van der Waals surface area contributed by atoms with E-state index < -0.39 is 72.1 Å². The molecule has 5 atom stereocenters. The molecule has 1 saturated heterocycles. The standard InChI is InChI=1S/C22H22O12/c23-12-4-1-10(2-5-12)3-6-16(26)32-9-15-18(28)19(29)20(22(31)33-15)34-21(30)11-7-13(24)17(27)14(25)8-11/h1-8,15,18-20,22-25,27-29,31H,9H2/b6-3+/t15-,18-,19+,20-,22-/m1/s1. The van der Waals surface area contributed by atoms with Gasteiger partial charge in [-0.25, -0.2) is 9.59 Å². The summed E-state index contributed by atoms with van der Waals surface area (Å²) in [5.41, 5.74) is 0.188. The number of esters is 2. The Kier molecular flexibility index (Phi) is 7.58. The third kappa shape index (κ3) is 5.74. The summed E-state index contributed by atoms with van der Waals surface area (Å²) in [7, 11) is 0. The number of hydrogen-bond acceptors (Lipinski definition) is 12. The van der Waals surface area contributed by atoms with Crippen LogP contribution < -0.4 is 0 Å². The van der Waals surface area contributed by atoms with Gasteiger partial charge in [0.05, 0.1) is 5.56 Å². The molecule has 12 nitrogen and oxygen atoms in total. The molecule has 0 unspecified atom stereocenters. The van der Waals surface area contributed by atoms with Crippen molar-refractivity contribution in [2.24, 2.45) is 0 Å². The minimum atomic E-state index is -1.92. The SMILES string of the molecule is O=C(/C=C/c1ccc(O)cc1)OC[C@H]1O[C@@H](O)[C@H](OC(=O)c2cc(O)c(O)c(O)c2)[C@@H](O)[C@@H]1O. The highest BCUT2D eigenvalue weighted by molar-refractivity contribution is 5.91. The normalized spacial score (nSPS) is 24.6. The van der Waals surface area contributed by atoms with Crippen molar-refractivity contribution in [2.75, 3.05) is 6.61 Å². The lowest BCUT2D eigenvalue weighted by Crippen LogP contribution is -2.60. The van der Waals surface area contributed by atoms with Crippen molar-refractivity contribution < 1.29 is 59.5 Å². The molecule has 1 heterocycles. The van der Waals surface area contributed by atoms with Crippen LogP contribution in [0, 0.1) is 0 Å². The fourth-order valence-corrected chi connectivity index (χ4v) is 3.06. The van der Waals surface area contributed by atoms with Gasteiger partial charge in [-0.2, -0.15) is 0 Å². The summed E-state index contributed by atoms with van der Waals surface area (Å²) in [6, 6.07) is 7.53. The first-order chi connectivity index (χ1) is 16.1. The van der Waals surface area contributed by atoms with Gasteiger partial charge in [-0.3, -0.25) is 0 Å². The molecule has 1 aliphatic heterocycles. The van der Waals surface area contributed by atoms with E-state index in [2.05, 4.69) is 0 Å². The number of benzene rings is 2. The summed E-state index contributed by atoms with van der Waals surface area (Å²) >= 11 is 0. The fraction of sp³-hybridized carbons (Fsp3) is 0.273. The number of hydrogen-bond donors (Lipinski definition) is 7. The maximum absolute atomic E-state index is 12.3. The van der Waals surface area contributed by atoms with Gasteiger partial charge in [-0.1, -0.05) is 12.1 Å². The fourth-order valence-electron chi connectivity index (χ4n) is 3.06. The van der Waals surface area contributed by atoms with Crippen LogP contribution in [-0.4, -0.2) is 85.0 Å². The van der Waals surface area contributed by atoms with Gasteiger partial charge in [0.25, 0.3) is 0 Å². The number of aliphatic hydroxyl groups excluding tert-OH is 3. The van der Waals surface area contributed by atoms with E-state index in [0.29, 0.717) is 5.56 Å². The van der Waals surface area contributed by atoms with Gasteiger partial charge in [0, 0.05) is 6.08 Å². The molecule has 2 aromatic carbocycles. The number of phenols is 4. The molecule has 3 rings (SSSR count). The van der Waals surface area contributed by atoms with Gasteiger partial charge >= 0.3 is 11.9 Å². The number of carbonyl (C=O) groups is 2. The molecule has 0 radical (unpaired) electrons. The predicted octanol–water partition coefficient (Wildman–Crippen LogP) is -0.270. The molecule has 0 saturated carbocycles. The van der Waals surface area contributed by atoms with Crippen molar-refractivity contribution in [1.82, 2.24) is 0 Å². The van der Waals surface area contributed by atoms with E-state index in [4.69, 9.17) is 14.2 Å². The molecule has 7 N–H and O–H groups in total. The Morgan fingerprint density at radius 2 is 1.56 bits per heavy atom. The maximum atomic E-state index is 12.3. The second kappa shape index (κ2) is 10.4. The molecule has 182 valence electrons. The highest BCUT2D eigenvalue weighted by Gasteiger charge is 2.46. The predicted molar refractivity (Wildman–Crippen MR) is 112 cm³/mol. The van der Waals surface area contributed by atoms with E-state index in [1.165, 1.54) is 18.2 Å². The second-order valence-corrected chi connectivity index (χ2v) is 7.33. The zero-order valence-electron chi connectivity index (χ0n) is 17.4. The van der Waals surface area contributed by atoms with Crippen LogP contribution in [0.15, 0.2) is 42.5 Å². The number of carbonyl (C=O) groups excluding carboxylic acids is 2. The van der Waals surface area contributed by atoms with Gasteiger partial charge in [0.1, 0.15) is 30.7 Å². The van der Waals surface area contributed by atoms with Crippen LogP contribution in [-0.2, 0) is 19.0 Å². The van der Waals surface area contributed by atoms with Crippen molar-refractivity contribution in [3.63, 3.8) is 0 Å². The Labute approximate surface area is 192 Å². The zero-order chi connectivity index (χ0) is 25.0. The number of aromatic hydroxyl groups is 4. The van der Waals surface area contributed by atoms with Crippen LogP contribution in [0.25, 0.3) is 6.08 Å². The van der Waals surface area contributed by atoms with E-state index in [9.17, 15) is 45.3 Å². The molecule has 1 aliphatic rings. The summed E-state index contributed by atoms with van der Waals surface area (Å²) < 4.78 is 15.0. The lowest BCUT2D eigenvalue weighted by atomic mass is 9.99. The molecule has 0 bridgehead atoms. The van der Waals surface area contributed by atoms with E-state index in [1.54, 1.807) is 12.1 Å². The third-order valence-electron chi connectivity index (χ3n) is 4.91. The average Bonchev–Trinajstić information content (AvgIpc) is 2.80. The number of aliphatic hydroxyl groups is 3. The number of rotatable bonds is 6. The van der Waals surface area contributed by atoms with Crippen molar-refractivity contribution in [3.05, 3.63) is 53.6 Å². The molecule has 0 amide bonds. The summed E-state index contributed by atoms with van der Waals surface area (Å²) in [6.45, 7) is -0.547. The van der Waals surface area contributed by atoms with Gasteiger partial charge < -0.3 is 50.0 Å². The summed E-state index contributed by atoms with van der Waals surface area (Å²) in [5, 5.41) is 68.2. The lowest BCUT2D eigenvalue weighted by Gasteiger charge is -2.39. The summed E-state index contributed by atoms with van der Waals surface area (Å²) in [4.78, 5) is 24.1. The van der Waals surface area contributed by atoms with E-state index in [1.807, 2.05) is 0 Å². The number of ether oxygens (including phenoxy) is 3. The molecular formula is C22H22O12. The Bertz CT molecular complexity index is 1040. The first-order valence-corrected chi connectivity index (χ1v) is 9.86. The van der Waals surface area contributed by atoms with Crippen molar-refractivity contribution in [1.29, 1.82) is 0 Å². The van der Waals surface area contributed by atoms with E-state index in [0.717, 1.165) is 18.2 Å². The molecular weight excluding hydrogens is 456 g/mol. The summed E-state index contributed by atoms with van der Waals surface area (Å²) in [5.74, 6) is -4.45. The molecule has 1 fully saturated rings. The van der Waals surface area contributed by atoms with Crippen LogP contribution in [0.5, 0.6) is 23.0 Å². The average molecular weight is 478 g/mol. The van der Waals surface area contributed by atoms with Gasteiger partial charge in [-0.05, 0) is 35.9 Å². The molecule has 2 aromatic rings. The molecule has 34 heavy (non-hydrogen) atoms. The topological polar surface area (TPSA) is 203 Å². The Hall–Kier alpha value is -3.84. The van der Waals surface area contributed by atoms with Crippen LogP contribution in [0.2, 0.25) is 0 Å². The maximum Gasteiger partial charge on any atom is 0.338 e. The third-order valence-corrected chi connectivity index (χ3v) is 4.91. The second-order valence-electron chi connectivity index (χ2n) is 7.33. The van der Waals surface area contributed by atoms with Crippen LogP contribution >= 0.6 is 0 Å². The minimum Gasteiger partial charge on any atom is -0.508 e. The number of phenolic OH excluding ortho intramolecular Hbond substituents is 4. The van der Waals surface area contributed by atoms with Gasteiger partial charge in [0.2, 0.25) is 0 Å². The molecule has 0 aliphatic carbocycles. The monoisotopic (exact) mass is 478 g/mol. The van der Waals surface area contributed by atoms with Crippen molar-refractivity contribution in [2.45, 2.75) is 30.7 Å². The van der Waals surface area contributed by atoms with Crippen LogP contribution in [0.4, 0.5) is 0 Å². The smallest absolute Gasteiger partial charge is 0.338 e. The Balaban J connectivity index is 1.57. The molecule has 0 spiro atoms. The quantitative estimate of drug-likeness (QED) is 0.163. The Morgan fingerprint density at radius 1 is 0.941 bits per heavy atom. The first-order valence-electron chi connectivity index (χ1n) is 9.86. The minimum absolute atomic E-state index is 0.0589. The van der Waals surface area contributed by atoms with Crippen LogP contribution in [0.3, 0.4) is 0 Å². The van der Waals surface area contributed by atoms with E-state index in [-0.39, 0.29) is 5.75 Å². The largest absolute Gasteiger partial charge is 0.508 e. The van der Waals surface area contributed by atoms with Crippen LogP contribution in [0.1, 0.15) is 15.9 Å². The van der Waals surface area contributed by atoms with Crippen molar-refractivity contribution >= 4 is 18.0 Å². The van der Waals surface area contributed by atoms with Gasteiger partial charge in [-0.15, -0.1) is 0 Å². The van der Waals surface area contributed by atoms with Crippen molar-refractivity contribution in [3.8, 4) is 23.0 Å². The molecule has 12 heteroatoms. The summed E-state index contributed by atoms with van der Waals surface area (Å²) in [6.07, 6.45) is -6.10. The van der Waals surface area contributed by atoms with E-state index >= 15 is 0 Å². The highest BCUT2D eigenvalue weighted by atomic mass is 16.7. The zero-order valence-corrected chi connectivity index (χ0v) is 17.4. The lowest BCUT2D eigenvalue weighted by molar-refractivity contribution is -0.286. The molecule has 0 aromatic heterocycles.